The van der Waals surface area contributed by atoms with Crippen LogP contribution in [0.3, 0.4) is 0 Å². The Morgan fingerprint density at radius 3 is 2.42 bits per heavy atom. The zero-order valence-electron chi connectivity index (χ0n) is 13.4. The van der Waals surface area contributed by atoms with E-state index < -0.39 is 15.9 Å². The third-order valence-electron chi connectivity index (χ3n) is 3.38. The van der Waals surface area contributed by atoms with Crippen LogP contribution in [0, 0.1) is 0 Å². The van der Waals surface area contributed by atoms with Gasteiger partial charge in [-0.3, -0.25) is 14.5 Å². The van der Waals surface area contributed by atoms with E-state index in [9.17, 15) is 13.2 Å². The summed E-state index contributed by atoms with van der Waals surface area (Å²) >= 11 is 5.87. The molecule has 1 aromatic heterocycles. The number of hydrogen-bond acceptors (Lipinski definition) is 4. The van der Waals surface area contributed by atoms with Crippen molar-refractivity contribution in [2.45, 2.75) is 4.90 Å². The summed E-state index contributed by atoms with van der Waals surface area (Å²) in [5.41, 5.74) is 0.924. The molecule has 132 valence electrons. The zero-order chi connectivity index (χ0) is 18.6. The van der Waals surface area contributed by atoms with Crippen molar-refractivity contribution in [1.82, 2.24) is 4.98 Å². The maximum Gasteiger partial charge on any atom is 0.274 e. The number of rotatable bonds is 5. The number of amides is 1. The second-order valence-corrected chi connectivity index (χ2v) is 7.43. The number of benzene rings is 2. The van der Waals surface area contributed by atoms with Crippen LogP contribution in [0.1, 0.15) is 10.5 Å². The van der Waals surface area contributed by atoms with Gasteiger partial charge in [0.1, 0.15) is 5.69 Å². The Kier molecular flexibility index (Phi) is 5.20. The summed E-state index contributed by atoms with van der Waals surface area (Å²) < 4.78 is 27.5. The predicted octanol–water partition coefficient (Wildman–Crippen LogP) is 3.79. The molecule has 1 heterocycles. The molecule has 0 aliphatic carbocycles. The first-order valence-corrected chi connectivity index (χ1v) is 9.41. The Morgan fingerprint density at radius 1 is 0.923 bits per heavy atom. The number of hydrogen-bond donors (Lipinski definition) is 2. The normalized spacial score (nSPS) is 11.0. The van der Waals surface area contributed by atoms with Crippen LogP contribution in [0.25, 0.3) is 0 Å². The summed E-state index contributed by atoms with van der Waals surface area (Å²) in [6, 6.07) is 17.3. The molecule has 0 saturated carbocycles. The van der Waals surface area contributed by atoms with E-state index >= 15 is 0 Å². The lowest BCUT2D eigenvalue weighted by Gasteiger charge is -2.10. The Bertz CT molecular complexity index is 1040. The molecule has 0 fully saturated rings. The maximum atomic E-state index is 12.5. The van der Waals surface area contributed by atoms with Crippen molar-refractivity contribution in [2.75, 3.05) is 10.0 Å². The number of nitrogens with one attached hydrogen (secondary N) is 2. The van der Waals surface area contributed by atoms with Crippen LogP contribution in [0.15, 0.2) is 77.8 Å². The summed E-state index contributed by atoms with van der Waals surface area (Å²) in [5.74, 6) is -0.428. The lowest BCUT2D eigenvalue weighted by atomic mass is 10.3. The highest BCUT2D eigenvalue weighted by molar-refractivity contribution is 7.92. The van der Waals surface area contributed by atoms with E-state index in [1.165, 1.54) is 24.4 Å². The van der Waals surface area contributed by atoms with Gasteiger partial charge in [0, 0.05) is 16.9 Å². The standard InChI is InChI=1S/C18H14ClN3O3S/c19-13-5-3-7-15(11-13)22-26(24,25)16-8-4-6-14(12-16)21-18(23)17-9-1-2-10-20-17/h1-12,22H,(H,21,23). The number of halogens is 1. The smallest absolute Gasteiger partial charge is 0.274 e. The molecule has 6 nitrogen and oxygen atoms in total. The number of nitrogens with zero attached hydrogens (tertiary/aromatic N) is 1. The summed E-state index contributed by atoms with van der Waals surface area (Å²) in [6.45, 7) is 0. The molecule has 0 aliphatic heterocycles. The molecule has 0 bridgehead atoms. The van der Waals surface area contributed by atoms with Gasteiger partial charge in [-0.1, -0.05) is 29.8 Å². The van der Waals surface area contributed by atoms with Gasteiger partial charge in [0.05, 0.1) is 10.6 Å². The first-order valence-electron chi connectivity index (χ1n) is 7.55. The van der Waals surface area contributed by atoms with E-state index in [0.29, 0.717) is 16.4 Å². The molecule has 2 aromatic carbocycles. The molecule has 0 saturated heterocycles. The van der Waals surface area contributed by atoms with E-state index in [4.69, 9.17) is 11.6 Å². The maximum absolute atomic E-state index is 12.5. The van der Waals surface area contributed by atoms with Crippen molar-refractivity contribution >= 4 is 38.9 Å². The van der Waals surface area contributed by atoms with E-state index in [0.717, 1.165) is 0 Å². The number of anilines is 2. The van der Waals surface area contributed by atoms with Crippen LogP contribution in [0.4, 0.5) is 11.4 Å². The van der Waals surface area contributed by atoms with E-state index in [1.54, 1.807) is 48.5 Å². The lowest BCUT2D eigenvalue weighted by molar-refractivity contribution is 0.102. The van der Waals surface area contributed by atoms with Gasteiger partial charge in [-0.05, 0) is 48.5 Å². The number of aromatic nitrogens is 1. The van der Waals surface area contributed by atoms with Crippen molar-refractivity contribution in [3.05, 3.63) is 83.6 Å². The third-order valence-corrected chi connectivity index (χ3v) is 4.99. The fraction of sp³-hybridized carbons (Fsp3) is 0. The molecular formula is C18H14ClN3O3S. The Balaban J connectivity index is 1.81. The minimum atomic E-state index is -3.83. The van der Waals surface area contributed by atoms with Crippen LogP contribution in [0.2, 0.25) is 5.02 Å². The monoisotopic (exact) mass is 387 g/mol. The summed E-state index contributed by atoms with van der Waals surface area (Å²) in [7, 11) is -3.83. The Hall–Kier alpha value is -2.90. The second-order valence-electron chi connectivity index (χ2n) is 5.31. The summed E-state index contributed by atoms with van der Waals surface area (Å²) in [4.78, 5) is 16.1. The van der Waals surface area contributed by atoms with E-state index in [2.05, 4.69) is 15.0 Å². The topological polar surface area (TPSA) is 88.2 Å². The highest BCUT2D eigenvalue weighted by Crippen LogP contribution is 2.21. The first-order chi connectivity index (χ1) is 12.4. The van der Waals surface area contributed by atoms with Gasteiger partial charge in [-0.2, -0.15) is 0 Å². The van der Waals surface area contributed by atoms with Gasteiger partial charge >= 0.3 is 0 Å². The van der Waals surface area contributed by atoms with Gasteiger partial charge in [0.2, 0.25) is 0 Å². The molecule has 0 aliphatic rings. The summed E-state index contributed by atoms with van der Waals surface area (Å²) in [5, 5.41) is 3.05. The highest BCUT2D eigenvalue weighted by Gasteiger charge is 2.16. The Morgan fingerprint density at radius 2 is 1.69 bits per heavy atom. The number of pyridine rings is 1. The molecule has 26 heavy (non-hydrogen) atoms. The van der Waals surface area contributed by atoms with Gasteiger partial charge in [-0.15, -0.1) is 0 Å². The molecule has 1 amide bonds. The second kappa shape index (κ2) is 7.55. The fourth-order valence-electron chi connectivity index (χ4n) is 2.20. The van der Waals surface area contributed by atoms with Crippen LogP contribution >= 0.6 is 11.6 Å². The average molecular weight is 388 g/mol. The molecule has 0 unspecified atom stereocenters. The molecule has 8 heteroatoms. The van der Waals surface area contributed by atoms with E-state index in [1.807, 2.05) is 0 Å². The zero-order valence-corrected chi connectivity index (χ0v) is 15.0. The largest absolute Gasteiger partial charge is 0.321 e. The van der Waals surface area contributed by atoms with E-state index in [-0.39, 0.29) is 10.6 Å². The fourth-order valence-corrected chi connectivity index (χ4v) is 3.48. The van der Waals surface area contributed by atoms with Crippen molar-refractivity contribution in [3.63, 3.8) is 0 Å². The van der Waals surface area contributed by atoms with Gasteiger partial charge < -0.3 is 5.32 Å². The van der Waals surface area contributed by atoms with Crippen LogP contribution in [-0.4, -0.2) is 19.3 Å². The van der Waals surface area contributed by atoms with Crippen molar-refractivity contribution in [3.8, 4) is 0 Å². The first kappa shape index (κ1) is 17.9. The molecule has 2 N–H and O–H groups in total. The van der Waals surface area contributed by atoms with Crippen LogP contribution in [-0.2, 0) is 10.0 Å². The molecule has 0 radical (unpaired) electrons. The minimum absolute atomic E-state index is 0.0105. The number of carbonyl (C=O) groups excluding carboxylic acids is 1. The molecule has 3 rings (SSSR count). The average Bonchev–Trinajstić information content (AvgIpc) is 2.62. The van der Waals surface area contributed by atoms with Crippen molar-refractivity contribution in [2.24, 2.45) is 0 Å². The number of sulfonamides is 1. The highest BCUT2D eigenvalue weighted by atomic mass is 35.5. The molecule has 0 spiro atoms. The Labute approximate surface area is 155 Å². The minimum Gasteiger partial charge on any atom is -0.321 e. The van der Waals surface area contributed by atoms with Gasteiger partial charge in [0.25, 0.3) is 15.9 Å². The number of carbonyl (C=O) groups is 1. The van der Waals surface area contributed by atoms with Crippen LogP contribution < -0.4 is 10.0 Å². The lowest BCUT2D eigenvalue weighted by Crippen LogP contribution is -2.15. The van der Waals surface area contributed by atoms with Crippen molar-refractivity contribution in [1.29, 1.82) is 0 Å². The molecule has 0 atom stereocenters. The quantitative estimate of drug-likeness (QED) is 0.697. The van der Waals surface area contributed by atoms with Gasteiger partial charge in [-0.25, -0.2) is 8.42 Å². The summed E-state index contributed by atoms with van der Waals surface area (Å²) in [6.07, 6.45) is 1.50. The third kappa shape index (κ3) is 4.38. The molecule has 3 aromatic rings. The van der Waals surface area contributed by atoms with Crippen molar-refractivity contribution < 1.29 is 13.2 Å². The van der Waals surface area contributed by atoms with Crippen LogP contribution in [0.5, 0.6) is 0 Å². The predicted molar refractivity (Wildman–Crippen MR) is 101 cm³/mol. The SMILES string of the molecule is O=C(Nc1cccc(S(=O)(=O)Nc2cccc(Cl)c2)c1)c1ccccn1. The molecular weight excluding hydrogens is 374 g/mol. The van der Waals surface area contributed by atoms with Gasteiger partial charge in [0.15, 0.2) is 0 Å².